The Labute approximate surface area is 170 Å². The normalized spacial score (nSPS) is 12.0. The lowest BCUT2D eigenvalue weighted by atomic mass is 10.1. The van der Waals surface area contributed by atoms with Crippen LogP contribution in [-0.4, -0.2) is 24.1 Å². The quantitative estimate of drug-likeness (QED) is 0.203. The monoisotopic (exact) mass is 411 g/mol. The standard InChI is InChI=1S/C21H17NO6S/c1-27-16-8-10-18(19(23)11-9-17-3-2-12-29-17)20(13-16)28-21(24)14-4-6-15(7-5-14)22(25)26/h2-13,22,25H,1H3. The lowest BCUT2D eigenvalue weighted by Crippen LogP contribution is -2.99. The van der Waals surface area contributed by atoms with E-state index in [2.05, 4.69) is 0 Å². The third-order valence-electron chi connectivity index (χ3n) is 3.97. The zero-order valence-corrected chi connectivity index (χ0v) is 16.1. The zero-order valence-electron chi connectivity index (χ0n) is 15.3. The SMILES string of the molecule is COc1ccc(C(=O)C=Cc2cccs2)c(OC(=O)c2ccc([NH+]([O-])O)cc2)c1. The number of ketones is 1. The zero-order chi connectivity index (χ0) is 20.8. The van der Waals surface area contributed by atoms with E-state index < -0.39 is 11.2 Å². The van der Waals surface area contributed by atoms with Crippen LogP contribution in [0.1, 0.15) is 25.6 Å². The molecule has 0 radical (unpaired) electrons. The second-order valence-electron chi connectivity index (χ2n) is 5.85. The van der Waals surface area contributed by atoms with Crippen LogP contribution in [0, 0.1) is 5.21 Å². The topological polar surface area (TPSA) is 100 Å². The molecule has 29 heavy (non-hydrogen) atoms. The molecule has 1 heterocycles. The third-order valence-corrected chi connectivity index (χ3v) is 4.80. The van der Waals surface area contributed by atoms with E-state index in [1.807, 2.05) is 17.5 Å². The predicted octanol–water partition coefficient (Wildman–Crippen LogP) is 3.28. The summed E-state index contributed by atoms with van der Waals surface area (Å²) >= 11 is 1.50. The Morgan fingerprint density at radius 2 is 1.90 bits per heavy atom. The maximum atomic E-state index is 12.6. The molecule has 0 saturated heterocycles. The molecule has 0 aliphatic rings. The number of hydrogen-bond donors (Lipinski definition) is 2. The number of quaternary nitrogens is 1. The molecule has 3 aromatic rings. The van der Waals surface area contributed by atoms with E-state index in [0.717, 1.165) is 4.88 Å². The molecule has 0 bridgehead atoms. The fraction of sp³-hybridized carbons (Fsp3) is 0.0476. The van der Waals surface area contributed by atoms with Crippen LogP contribution in [0.4, 0.5) is 5.69 Å². The first kappa shape index (κ1) is 20.4. The minimum atomic E-state index is -1.09. The number of benzene rings is 2. The van der Waals surface area contributed by atoms with Crippen molar-refractivity contribution in [2.45, 2.75) is 0 Å². The molecule has 0 fully saturated rings. The Morgan fingerprint density at radius 3 is 2.52 bits per heavy atom. The van der Waals surface area contributed by atoms with Crippen molar-refractivity contribution in [1.29, 1.82) is 0 Å². The van der Waals surface area contributed by atoms with Crippen LogP contribution < -0.4 is 14.7 Å². The number of carbonyl (C=O) groups is 2. The number of hydrogen-bond acceptors (Lipinski definition) is 7. The second kappa shape index (κ2) is 9.26. The van der Waals surface area contributed by atoms with Gasteiger partial charge in [-0.25, -0.2) is 10.0 Å². The Balaban J connectivity index is 1.84. The summed E-state index contributed by atoms with van der Waals surface area (Å²) in [5.41, 5.74) is 0.414. The van der Waals surface area contributed by atoms with Crippen molar-refractivity contribution in [3.63, 3.8) is 0 Å². The van der Waals surface area contributed by atoms with Crippen molar-refractivity contribution in [3.05, 3.63) is 87.3 Å². The number of thiophene rings is 1. The van der Waals surface area contributed by atoms with Gasteiger partial charge in [-0.3, -0.25) is 4.79 Å². The summed E-state index contributed by atoms with van der Waals surface area (Å²) in [7, 11) is 1.46. The van der Waals surface area contributed by atoms with Gasteiger partial charge in [-0.05, 0) is 47.9 Å². The van der Waals surface area contributed by atoms with Crippen LogP contribution >= 0.6 is 11.3 Å². The van der Waals surface area contributed by atoms with Gasteiger partial charge < -0.3 is 14.7 Å². The van der Waals surface area contributed by atoms with E-state index in [1.165, 1.54) is 60.9 Å². The van der Waals surface area contributed by atoms with Gasteiger partial charge >= 0.3 is 5.97 Å². The molecule has 0 aliphatic carbocycles. The van der Waals surface area contributed by atoms with Crippen LogP contribution in [-0.2, 0) is 0 Å². The molecule has 0 aliphatic heterocycles. The smallest absolute Gasteiger partial charge is 0.343 e. The number of methoxy groups -OCH3 is 1. The van der Waals surface area contributed by atoms with E-state index in [4.69, 9.17) is 14.7 Å². The van der Waals surface area contributed by atoms with E-state index in [0.29, 0.717) is 5.75 Å². The van der Waals surface area contributed by atoms with Crippen molar-refractivity contribution in [2.75, 3.05) is 7.11 Å². The maximum Gasteiger partial charge on any atom is 0.343 e. The summed E-state index contributed by atoms with van der Waals surface area (Å²) in [6, 6.07) is 13.7. The van der Waals surface area contributed by atoms with Gasteiger partial charge in [0.1, 0.15) is 11.5 Å². The number of allylic oxidation sites excluding steroid dienone is 1. The lowest BCUT2D eigenvalue weighted by Gasteiger charge is -2.12. The molecule has 1 unspecified atom stereocenters. The van der Waals surface area contributed by atoms with Gasteiger partial charge in [-0.15, -0.1) is 11.3 Å². The third kappa shape index (κ3) is 5.15. The van der Waals surface area contributed by atoms with Crippen molar-refractivity contribution >= 4 is 34.9 Å². The van der Waals surface area contributed by atoms with Gasteiger partial charge in [-0.2, -0.15) is 5.23 Å². The van der Waals surface area contributed by atoms with Crippen molar-refractivity contribution in [1.82, 2.24) is 0 Å². The van der Waals surface area contributed by atoms with Crippen LogP contribution in [0.25, 0.3) is 6.08 Å². The summed E-state index contributed by atoms with van der Waals surface area (Å²) in [4.78, 5) is 26.0. The summed E-state index contributed by atoms with van der Waals surface area (Å²) in [5.74, 6) is -0.568. The van der Waals surface area contributed by atoms with Gasteiger partial charge in [0.15, 0.2) is 11.5 Å². The van der Waals surface area contributed by atoms with E-state index in [1.54, 1.807) is 12.1 Å². The number of carbonyl (C=O) groups excluding carboxylic acids is 2. The largest absolute Gasteiger partial charge is 0.595 e. The highest BCUT2D eigenvalue weighted by Crippen LogP contribution is 2.27. The maximum absolute atomic E-state index is 12.6. The molecule has 148 valence electrons. The number of nitrogens with one attached hydrogen (secondary N) is 1. The predicted molar refractivity (Wildman–Crippen MR) is 108 cm³/mol. The van der Waals surface area contributed by atoms with Crippen molar-refractivity contribution in [2.24, 2.45) is 0 Å². The van der Waals surface area contributed by atoms with Crippen LogP contribution in [0.2, 0.25) is 0 Å². The lowest BCUT2D eigenvalue weighted by molar-refractivity contribution is -0.991. The molecule has 2 aromatic carbocycles. The average molecular weight is 411 g/mol. The van der Waals surface area contributed by atoms with E-state index >= 15 is 0 Å². The number of ether oxygens (including phenoxy) is 2. The average Bonchev–Trinajstić information content (AvgIpc) is 3.25. The molecular formula is C21H17NO6S. The summed E-state index contributed by atoms with van der Waals surface area (Å²) in [6.45, 7) is 0. The molecule has 0 saturated carbocycles. The Kier molecular flexibility index (Phi) is 6.53. The Bertz CT molecular complexity index is 1030. The Hall–Kier alpha value is -3.30. The van der Waals surface area contributed by atoms with Crippen LogP contribution in [0.5, 0.6) is 11.5 Å². The fourth-order valence-electron chi connectivity index (χ4n) is 2.46. The highest BCUT2D eigenvalue weighted by molar-refractivity contribution is 7.10. The van der Waals surface area contributed by atoms with Crippen molar-refractivity contribution in [3.8, 4) is 11.5 Å². The number of rotatable bonds is 7. The summed E-state index contributed by atoms with van der Waals surface area (Å²) in [6.07, 6.45) is 3.10. The molecule has 0 spiro atoms. The second-order valence-corrected chi connectivity index (χ2v) is 6.83. The molecular weight excluding hydrogens is 394 g/mol. The van der Waals surface area contributed by atoms with Crippen LogP contribution in [0.15, 0.2) is 66.1 Å². The van der Waals surface area contributed by atoms with Gasteiger partial charge in [0, 0.05) is 23.1 Å². The summed E-state index contributed by atoms with van der Waals surface area (Å²) < 4.78 is 10.6. The molecule has 2 N–H and O–H groups in total. The van der Waals surface area contributed by atoms with Crippen molar-refractivity contribution < 1.29 is 29.5 Å². The first-order valence-corrected chi connectivity index (χ1v) is 9.35. The van der Waals surface area contributed by atoms with Gasteiger partial charge in [0.25, 0.3) is 0 Å². The van der Waals surface area contributed by atoms with E-state index in [9.17, 15) is 14.8 Å². The van der Waals surface area contributed by atoms with Gasteiger partial charge in [-0.1, -0.05) is 6.07 Å². The molecule has 8 heteroatoms. The van der Waals surface area contributed by atoms with E-state index in [-0.39, 0.29) is 28.3 Å². The molecule has 3 rings (SSSR count). The van der Waals surface area contributed by atoms with Gasteiger partial charge in [0.05, 0.1) is 18.2 Å². The first-order chi connectivity index (χ1) is 14.0. The minimum Gasteiger partial charge on any atom is -0.595 e. The summed E-state index contributed by atoms with van der Waals surface area (Å²) in [5, 5.41) is 20.7. The molecule has 1 aromatic heterocycles. The number of esters is 1. The highest BCUT2D eigenvalue weighted by atomic mass is 32.1. The molecule has 1 atom stereocenters. The minimum absolute atomic E-state index is 0.0532. The fourth-order valence-corrected chi connectivity index (χ4v) is 3.08. The Morgan fingerprint density at radius 1 is 1.14 bits per heavy atom. The highest BCUT2D eigenvalue weighted by Gasteiger charge is 2.17. The first-order valence-electron chi connectivity index (χ1n) is 8.47. The molecule has 0 amide bonds. The molecule has 7 nitrogen and oxygen atoms in total. The van der Waals surface area contributed by atoms with Crippen LogP contribution in [0.3, 0.4) is 0 Å². The van der Waals surface area contributed by atoms with Gasteiger partial charge in [0.2, 0.25) is 0 Å².